The third-order valence-electron chi connectivity index (χ3n) is 5.09. The molecule has 1 aliphatic rings. The van der Waals surface area contributed by atoms with Crippen molar-refractivity contribution in [2.75, 3.05) is 25.1 Å². The van der Waals surface area contributed by atoms with Gasteiger partial charge in [-0.15, -0.1) is 0 Å². The van der Waals surface area contributed by atoms with Crippen LogP contribution >= 0.6 is 0 Å². The number of hydrogen-bond donors (Lipinski definition) is 0. The summed E-state index contributed by atoms with van der Waals surface area (Å²) in [4.78, 5) is 11.3. The van der Waals surface area contributed by atoms with Gasteiger partial charge in [0.25, 0.3) is 5.78 Å². The second-order valence-electron chi connectivity index (χ2n) is 6.80. The van der Waals surface area contributed by atoms with Gasteiger partial charge in [-0.2, -0.15) is 14.6 Å². The van der Waals surface area contributed by atoms with Crippen LogP contribution in [0.2, 0.25) is 0 Å². The number of anilines is 1. The summed E-state index contributed by atoms with van der Waals surface area (Å²) in [6, 6.07) is 8.14. The Labute approximate surface area is 153 Å². The van der Waals surface area contributed by atoms with Crippen LogP contribution in [0.4, 0.5) is 5.82 Å². The summed E-state index contributed by atoms with van der Waals surface area (Å²) >= 11 is 0. The Balaban J connectivity index is 1.80. The van der Waals surface area contributed by atoms with Crippen molar-refractivity contribution in [2.45, 2.75) is 38.5 Å². The van der Waals surface area contributed by atoms with Gasteiger partial charge in [-0.3, -0.25) is 0 Å². The maximum atomic E-state index is 5.30. The van der Waals surface area contributed by atoms with Crippen molar-refractivity contribution >= 4 is 11.6 Å². The largest absolute Gasteiger partial charge is 0.497 e. The number of methoxy groups -OCH3 is 1. The van der Waals surface area contributed by atoms with Crippen molar-refractivity contribution in [3.8, 4) is 16.9 Å². The van der Waals surface area contributed by atoms with E-state index in [1.807, 2.05) is 22.8 Å². The Morgan fingerprint density at radius 3 is 2.27 bits per heavy atom. The number of fused-ring (bicyclic) bond motifs is 1. The summed E-state index contributed by atoms with van der Waals surface area (Å²) in [5, 5.41) is 4.47. The zero-order valence-corrected chi connectivity index (χ0v) is 15.3. The predicted octanol–water partition coefficient (Wildman–Crippen LogP) is 3.96. The third kappa shape index (κ3) is 3.36. The molecule has 3 aromatic rings. The third-order valence-corrected chi connectivity index (χ3v) is 5.09. The Morgan fingerprint density at radius 1 is 0.885 bits per heavy atom. The van der Waals surface area contributed by atoms with E-state index in [0.717, 1.165) is 35.8 Å². The van der Waals surface area contributed by atoms with Gasteiger partial charge in [0.1, 0.15) is 17.9 Å². The van der Waals surface area contributed by atoms with E-state index >= 15 is 0 Å². The number of nitrogens with zero attached hydrogens (tertiary/aromatic N) is 5. The molecule has 0 atom stereocenters. The molecule has 0 bridgehead atoms. The van der Waals surface area contributed by atoms with Crippen LogP contribution in [0.15, 0.2) is 36.8 Å². The van der Waals surface area contributed by atoms with Crippen LogP contribution in [0.1, 0.15) is 38.5 Å². The fourth-order valence-electron chi connectivity index (χ4n) is 3.68. The molecule has 1 fully saturated rings. The van der Waals surface area contributed by atoms with Crippen LogP contribution in [-0.4, -0.2) is 39.8 Å². The highest BCUT2D eigenvalue weighted by atomic mass is 16.5. The molecule has 0 radical (unpaired) electrons. The monoisotopic (exact) mass is 351 g/mol. The van der Waals surface area contributed by atoms with Gasteiger partial charge in [0.15, 0.2) is 0 Å². The predicted molar refractivity (Wildman–Crippen MR) is 103 cm³/mol. The van der Waals surface area contributed by atoms with E-state index in [4.69, 9.17) is 4.74 Å². The first-order valence-electron chi connectivity index (χ1n) is 9.45. The van der Waals surface area contributed by atoms with E-state index < -0.39 is 0 Å². The van der Waals surface area contributed by atoms with Crippen molar-refractivity contribution in [1.82, 2.24) is 19.6 Å². The van der Waals surface area contributed by atoms with Crippen LogP contribution in [-0.2, 0) is 0 Å². The molecule has 0 N–H and O–H groups in total. The summed E-state index contributed by atoms with van der Waals surface area (Å²) < 4.78 is 7.19. The van der Waals surface area contributed by atoms with Gasteiger partial charge in [0.2, 0.25) is 0 Å². The molecular formula is C20H25N5O. The average molecular weight is 351 g/mol. The first-order valence-corrected chi connectivity index (χ1v) is 9.45. The second kappa shape index (κ2) is 7.72. The van der Waals surface area contributed by atoms with Crippen molar-refractivity contribution in [3.05, 3.63) is 36.8 Å². The SMILES string of the molecule is COc1ccc(-c2cnc3ncnn3c2N2CCCCCCCC2)cc1. The summed E-state index contributed by atoms with van der Waals surface area (Å²) in [6.45, 7) is 2.09. The lowest BCUT2D eigenvalue weighted by Crippen LogP contribution is -2.28. The van der Waals surface area contributed by atoms with Crippen molar-refractivity contribution in [2.24, 2.45) is 0 Å². The molecule has 26 heavy (non-hydrogen) atoms. The van der Waals surface area contributed by atoms with Crippen LogP contribution < -0.4 is 9.64 Å². The minimum absolute atomic E-state index is 0.650. The Morgan fingerprint density at radius 2 is 1.58 bits per heavy atom. The lowest BCUT2D eigenvalue weighted by molar-refractivity contribution is 0.415. The molecule has 0 spiro atoms. The maximum absolute atomic E-state index is 5.30. The fraction of sp³-hybridized carbons (Fsp3) is 0.450. The Kier molecular flexibility index (Phi) is 5.00. The number of hydrogen-bond acceptors (Lipinski definition) is 5. The van der Waals surface area contributed by atoms with Gasteiger partial charge in [0.05, 0.1) is 7.11 Å². The number of ether oxygens (including phenoxy) is 1. The van der Waals surface area contributed by atoms with E-state index in [1.165, 1.54) is 38.5 Å². The molecule has 2 aromatic heterocycles. The normalized spacial score (nSPS) is 16.1. The summed E-state index contributed by atoms with van der Waals surface area (Å²) in [6.07, 6.45) is 11.2. The number of aromatic nitrogens is 4. The van der Waals surface area contributed by atoms with Crippen molar-refractivity contribution < 1.29 is 4.74 Å². The first-order chi connectivity index (χ1) is 12.9. The van der Waals surface area contributed by atoms with Crippen molar-refractivity contribution in [1.29, 1.82) is 0 Å². The zero-order valence-electron chi connectivity index (χ0n) is 15.3. The van der Waals surface area contributed by atoms with Crippen LogP contribution in [0.25, 0.3) is 16.9 Å². The van der Waals surface area contributed by atoms with E-state index in [0.29, 0.717) is 5.78 Å². The highest BCUT2D eigenvalue weighted by molar-refractivity contribution is 5.77. The molecule has 0 saturated carbocycles. The molecule has 3 heterocycles. The van der Waals surface area contributed by atoms with Crippen LogP contribution in [0.5, 0.6) is 5.75 Å². The number of rotatable bonds is 3. The molecule has 6 nitrogen and oxygen atoms in total. The minimum atomic E-state index is 0.650. The molecule has 136 valence electrons. The standard InChI is InChI=1S/C20H25N5O/c1-26-17-10-8-16(9-11-17)18-14-21-20-22-15-23-25(20)19(18)24-12-6-4-2-3-5-7-13-24/h8-11,14-15H,2-7,12-13H2,1H3. The molecule has 0 aliphatic carbocycles. The summed E-state index contributed by atoms with van der Waals surface area (Å²) in [5.74, 6) is 2.60. The molecule has 0 amide bonds. The summed E-state index contributed by atoms with van der Waals surface area (Å²) in [5.41, 5.74) is 2.20. The molecule has 4 rings (SSSR count). The quantitative estimate of drug-likeness (QED) is 0.715. The maximum Gasteiger partial charge on any atom is 0.254 e. The van der Waals surface area contributed by atoms with Gasteiger partial charge in [-0.05, 0) is 30.5 Å². The van der Waals surface area contributed by atoms with Gasteiger partial charge >= 0.3 is 0 Å². The fourth-order valence-corrected chi connectivity index (χ4v) is 3.68. The molecule has 0 unspecified atom stereocenters. The minimum Gasteiger partial charge on any atom is -0.497 e. The van der Waals surface area contributed by atoms with Gasteiger partial charge in [-0.25, -0.2) is 4.98 Å². The lowest BCUT2D eigenvalue weighted by atomic mass is 10.1. The molecule has 1 aliphatic heterocycles. The molecule has 1 saturated heterocycles. The van der Waals surface area contributed by atoms with Gasteiger partial charge < -0.3 is 9.64 Å². The van der Waals surface area contributed by atoms with Gasteiger partial charge in [0, 0.05) is 24.8 Å². The summed E-state index contributed by atoms with van der Waals surface area (Å²) in [7, 11) is 1.69. The number of benzene rings is 1. The Bertz CT molecular complexity index is 848. The van der Waals surface area contributed by atoms with E-state index in [9.17, 15) is 0 Å². The average Bonchev–Trinajstić information content (AvgIpc) is 3.20. The van der Waals surface area contributed by atoms with E-state index in [2.05, 4.69) is 32.1 Å². The second-order valence-corrected chi connectivity index (χ2v) is 6.80. The van der Waals surface area contributed by atoms with Crippen LogP contribution in [0.3, 0.4) is 0 Å². The highest BCUT2D eigenvalue weighted by Gasteiger charge is 2.19. The van der Waals surface area contributed by atoms with Gasteiger partial charge in [-0.1, -0.05) is 37.8 Å². The topological polar surface area (TPSA) is 55.6 Å². The molecule has 6 heteroatoms. The Hall–Kier alpha value is -2.63. The van der Waals surface area contributed by atoms with Crippen LogP contribution in [0, 0.1) is 0 Å². The van der Waals surface area contributed by atoms with E-state index in [1.54, 1.807) is 13.4 Å². The molecular weight excluding hydrogens is 326 g/mol. The van der Waals surface area contributed by atoms with Crippen molar-refractivity contribution in [3.63, 3.8) is 0 Å². The first kappa shape index (κ1) is 16.8. The highest BCUT2D eigenvalue weighted by Crippen LogP contribution is 2.32. The molecule has 1 aromatic carbocycles. The smallest absolute Gasteiger partial charge is 0.254 e. The zero-order chi connectivity index (χ0) is 17.8. The lowest BCUT2D eigenvalue weighted by Gasteiger charge is -2.26. The van der Waals surface area contributed by atoms with E-state index in [-0.39, 0.29) is 0 Å².